The summed E-state index contributed by atoms with van der Waals surface area (Å²) >= 11 is 0. The van der Waals surface area contributed by atoms with E-state index in [0.29, 0.717) is 24.4 Å². The number of aliphatic hydroxyl groups excluding tert-OH is 1. The Morgan fingerprint density at radius 1 is 1.16 bits per heavy atom. The van der Waals surface area contributed by atoms with Gasteiger partial charge in [0.1, 0.15) is 18.5 Å². The molecule has 0 amide bonds. The molecule has 1 N–H and O–H groups in total. The minimum atomic E-state index is -0.544. The molecule has 3 aliphatic carbocycles. The van der Waals surface area contributed by atoms with E-state index >= 15 is 0 Å². The zero-order chi connectivity index (χ0) is 22.3. The van der Waals surface area contributed by atoms with Crippen LogP contribution in [0.25, 0.3) is 0 Å². The van der Waals surface area contributed by atoms with Gasteiger partial charge in [-0.05, 0) is 85.1 Å². The molecule has 4 heteroatoms. The number of hydrogen-bond acceptors (Lipinski definition) is 4. The molecular formula is C28H34O4. The first-order chi connectivity index (χ1) is 15.5. The van der Waals surface area contributed by atoms with E-state index in [9.17, 15) is 9.90 Å². The summed E-state index contributed by atoms with van der Waals surface area (Å²) < 4.78 is 11.6. The van der Waals surface area contributed by atoms with Crippen LogP contribution in [0.3, 0.4) is 0 Å². The van der Waals surface area contributed by atoms with Crippen molar-refractivity contribution < 1.29 is 19.4 Å². The number of hydrogen-bond donors (Lipinski definition) is 1. The molecule has 32 heavy (non-hydrogen) atoms. The van der Waals surface area contributed by atoms with Crippen molar-refractivity contribution in [3.05, 3.63) is 65.2 Å². The van der Waals surface area contributed by atoms with Crippen molar-refractivity contribution in [1.29, 1.82) is 0 Å². The van der Waals surface area contributed by atoms with E-state index in [0.717, 1.165) is 44.3 Å². The van der Waals surface area contributed by atoms with Crippen LogP contribution in [-0.2, 0) is 22.6 Å². The van der Waals surface area contributed by atoms with Gasteiger partial charge in [-0.3, -0.25) is 4.79 Å². The molecule has 3 aliphatic rings. The van der Waals surface area contributed by atoms with Crippen molar-refractivity contribution in [2.24, 2.45) is 17.3 Å². The highest BCUT2D eigenvalue weighted by Crippen LogP contribution is 2.62. The van der Waals surface area contributed by atoms with E-state index in [4.69, 9.17) is 9.47 Å². The minimum absolute atomic E-state index is 0.114. The van der Waals surface area contributed by atoms with Gasteiger partial charge in [-0.25, -0.2) is 0 Å². The summed E-state index contributed by atoms with van der Waals surface area (Å²) in [5.41, 5.74) is 3.94. The largest absolute Gasteiger partial charge is 0.489 e. The number of rotatable bonds is 5. The molecular weight excluding hydrogens is 400 g/mol. The van der Waals surface area contributed by atoms with E-state index in [-0.39, 0.29) is 17.5 Å². The molecule has 170 valence electrons. The standard InChI is InChI=1S/C28H34O4/c1-3-28-14-13-23-22-12-10-21(31-17-19-7-5-4-6-8-19)15-20(22)9-11-24(23)25(28)16-26(27(28)30)32-18(2)29/h4-8,10,12,15,23-27,30H,3,9,11,13-14,16-17H2,1-2H3/t23-,24-,25+,26-,27+,28+/m1/s1. The van der Waals surface area contributed by atoms with Gasteiger partial charge in [0.25, 0.3) is 0 Å². The highest BCUT2D eigenvalue weighted by Gasteiger charge is 2.60. The Morgan fingerprint density at radius 3 is 2.72 bits per heavy atom. The van der Waals surface area contributed by atoms with Crippen LogP contribution >= 0.6 is 0 Å². The van der Waals surface area contributed by atoms with E-state index in [1.165, 1.54) is 23.6 Å². The highest BCUT2D eigenvalue weighted by molar-refractivity contribution is 5.66. The summed E-state index contributed by atoms with van der Waals surface area (Å²) in [6.07, 6.45) is 5.11. The topological polar surface area (TPSA) is 55.8 Å². The second-order valence-corrected chi connectivity index (χ2v) is 10.0. The predicted molar refractivity (Wildman–Crippen MR) is 123 cm³/mol. The van der Waals surface area contributed by atoms with Gasteiger partial charge in [0.05, 0.1) is 6.10 Å². The van der Waals surface area contributed by atoms with Crippen LogP contribution in [0.2, 0.25) is 0 Å². The molecule has 5 rings (SSSR count). The third-order valence-electron chi connectivity index (χ3n) is 8.61. The van der Waals surface area contributed by atoms with Gasteiger partial charge in [-0.15, -0.1) is 0 Å². The number of benzene rings is 2. The smallest absolute Gasteiger partial charge is 0.302 e. The lowest BCUT2D eigenvalue weighted by Crippen LogP contribution is -2.46. The van der Waals surface area contributed by atoms with Crippen molar-refractivity contribution in [3.63, 3.8) is 0 Å². The highest BCUT2D eigenvalue weighted by atomic mass is 16.6. The minimum Gasteiger partial charge on any atom is -0.489 e. The summed E-state index contributed by atoms with van der Waals surface area (Å²) in [6, 6.07) is 16.9. The number of aliphatic hydroxyl groups is 1. The Hall–Kier alpha value is -2.33. The van der Waals surface area contributed by atoms with Crippen molar-refractivity contribution in [2.75, 3.05) is 0 Å². The van der Waals surface area contributed by atoms with Crippen molar-refractivity contribution in [2.45, 2.75) is 77.1 Å². The van der Waals surface area contributed by atoms with Crippen LogP contribution in [0.15, 0.2) is 48.5 Å². The first kappa shape index (κ1) is 21.5. The lowest BCUT2D eigenvalue weighted by Gasteiger charge is -2.51. The molecule has 2 aromatic rings. The first-order valence-corrected chi connectivity index (χ1v) is 12.2. The fourth-order valence-electron chi connectivity index (χ4n) is 7.13. The molecule has 0 unspecified atom stereocenters. The lowest BCUT2D eigenvalue weighted by atomic mass is 9.54. The van der Waals surface area contributed by atoms with E-state index < -0.39 is 6.10 Å². The molecule has 0 saturated heterocycles. The zero-order valence-corrected chi connectivity index (χ0v) is 19.1. The van der Waals surface area contributed by atoms with Gasteiger partial charge in [0.2, 0.25) is 0 Å². The molecule has 0 heterocycles. The molecule has 0 aromatic heterocycles. The molecule has 0 radical (unpaired) electrons. The number of ether oxygens (including phenoxy) is 2. The van der Waals surface area contributed by atoms with Crippen molar-refractivity contribution >= 4 is 5.97 Å². The number of carbonyl (C=O) groups excluding carboxylic acids is 1. The van der Waals surface area contributed by atoms with Gasteiger partial charge in [0.15, 0.2) is 0 Å². The van der Waals surface area contributed by atoms with Crippen LogP contribution in [0.4, 0.5) is 0 Å². The van der Waals surface area contributed by atoms with Gasteiger partial charge in [-0.2, -0.15) is 0 Å². The molecule has 6 atom stereocenters. The number of esters is 1. The monoisotopic (exact) mass is 434 g/mol. The maximum atomic E-state index is 11.6. The Kier molecular flexibility index (Phi) is 5.75. The van der Waals surface area contributed by atoms with Crippen LogP contribution in [0.1, 0.15) is 68.6 Å². The average Bonchev–Trinajstić information content (AvgIpc) is 3.09. The quantitative estimate of drug-likeness (QED) is 0.639. The summed E-state index contributed by atoms with van der Waals surface area (Å²) in [6.45, 7) is 4.23. The number of carbonyl (C=O) groups is 1. The maximum absolute atomic E-state index is 11.6. The van der Waals surface area contributed by atoms with Crippen LogP contribution in [0.5, 0.6) is 5.75 Å². The van der Waals surface area contributed by atoms with E-state index in [1.54, 1.807) is 0 Å². The van der Waals surface area contributed by atoms with E-state index in [2.05, 4.69) is 37.3 Å². The van der Waals surface area contributed by atoms with Gasteiger partial charge in [-0.1, -0.05) is 43.3 Å². The summed E-state index contributed by atoms with van der Waals surface area (Å²) in [5, 5.41) is 11.2. The van der Waals surface area contributed by atoms with Gasteiger partial charge >= 0.3 is 5.97 Å². The summed E-state index contributed by atoms with van der Waals surface area (Å²) in [5.74, 6) is 2.13. The fourth-order valence-corrected chi connectivity index (χ4v) is 7.13. The van der Waals surface area contributed by atoms with Crippen LogP contribution < -0.4 is 4.74 Å². The van der Waals surface area contributed by atoms with Gasteiger partial charge < -0.3 is 14.6 Å². The SMILES string of the molecule is CC[C@]12CC[C@@H]3c4ccc(OCc5ccccc5)cc4CC[C@H]3[C@@H]1C[C@@H](OC(C)=O)[C@@H]2O. The molecule has 4 nitrogen and oxygen atoms in total. The average molecular weight is 435 g/mol. The van der Waals surface area contributed by atoms with Crippen molar-refractivity contribution in [3.8, 4) is 5.75 Å². The summed E-state index contributed by atoms with van der Waals surface area (Å²) in [4.78, 5) is 11.6. The van der Waals surface area contributed by atoms with Crippen LogP contribution in [-0.4, -0.2) is 23.3 Å². The number of fused-ring (bicyclic) bond motifs is 5. The second kappa shape index (κ2) is 8.55. The zero-order valence-electron chi connectivity index (χ0n) is 19.1. The Balaban J connectivity index is 1.35. The second-order valence-electron chi connectivity index (χ2n) is 10.0. The molecule has 2 aromatic carbocycles. The lowest BCUT2D eigenvalue weighted by molar-refractivity contribution is -0.153. The summed E-state index contributed by atoms with van der Waals surface area (Å²) in [7, 11) is 0. The molecule has 0 spiro atoms. The Labute approximate surface area is 190 Å². The first-order valence-electron chi connectivity index (χ1n) is 12.2. The molecule has 0 aliphatic heterocycles. The third-order valence-corrected chi connectivity index (χ3v) is 8.61. The number of aryl methyl sites for hydroxylation is 1. The van der Waals surface area contributed by atoms with Gasteiger partial charge in [0, 0.05) is 12.3 Å². The Bertz CT molecular complexity index is 971. The van der Waals surface area contributed by atoms with E-state index in [1.807, 2.05) is 18.2 Å². The molecule has 2 fully saturated rings. The van der Waals surface area contributed by atoms with Crippen molar-refractivity contribution in [1.82, 2.24) is 0 Å². The predicted octanol–water partition coefficient (Wildman–Crippen LogP) is 5.41. The Morgan fingerprint density at radius 2 is 1.97 bits per heavy atom. The normalized spacial score (nSPS) is 33.0. The maximum Gasteiger partial charge on any atom is 0.302 e. The van der Waals surface area contributed by atoms with Crippen LogP contribution in [0, 0.1) is 17.3 Å². The fraction of sp³-hybridized carbons (Fsp3) is 0.536. The molecule has 2 saturated carbocycles. The molecule has 0 bridgehead atoms. The third kappa shape index (κ3) is 3.63.